The first-order valence-corrected chi connectivity index (χ1v) is 8.89. The van der Waals surface area contributed by atoms with E-state index in [1.807, 2.05) is 12.1 Å². The number of thiophene rings is 1. The van der Waals surface area contributed by atoms with Crippen LogP contribution in [0.1, 0.15) is 30.6 Å². The van der Waals surface area contributed by atoms with Crippen molar-refractivity contribution in [1.29, 1.82) is 0 Å². The van der Waals surface area contributed by atoms with E-state index in [1.54, 1.807) is 11.3 Å². The summed E-state index contributed by atoms with van der Waals surface area (Å²) in [5.74, 6) is 1.28. The van der Waals surface area contributed by atoms with Gasteiger partial charge in [0, 0.05) is 6.42 Å². The smallest absolute Gasteiger partial charge is 0.280 e. The van der Waals surface area contributed by atoms with Crippen LogP contribution in [-0.4, -0.2) is 28.6 Å². The number of nitrogens with zero attached hydrogens (tertiary/aromatic N) is 2. The molecule has 4 rings (SSSR count). The van der Waals surface area contributed by atoms with Crippen molar-refractivity contribution in [1.82, 2.24) is 0 Å². The molecule has 2 aromatic rings. The third-order valence-corrected chi connectivity index (χ3v) is 5.72. The van der Waals surface area contributed by atoms with Crippen molar-refractivity contribution in [2.75, 3.05) is 18.0 Å². The van der Waals surface area contributed by atoms with Crippen molar-refractivity contribution >= 4 is 22.9 Å². The van der Waals surface area contributed by atoms with Gasteiger partial charge in [-0.25, -0.2) is 9.48 Å². The Morgan fingerprint density at radius 2 is 1.91 bits per heavy atom. The molecule has 4 heteroatoms. The van der Waals surface area contributed by atoms with E-state index >= 15 is 0 Å². The van der Waals surface area contributed by atoms with Gasteiger partial charge in [0.1, 0.15) is 5.69 Å². The number of hydrogen-bond donors (Lipinski definition) is 1. The monoisotopic (exact) mass is 313 g/mol. The van der Waals surface area contributed by atoms with Crippen molar-refractivity contribution in [3.63, 3.8) is 0 Å². The summed E-state index contributed by atoms with van der Waals surface area (Å²) in [5.41, 5.74) is 0.292. The average Bonchev–Trinajstić information content (AvgIpc) is 3.10. The third kappa shape index (κ3) is 2.18. The standard InChI is InChI=1S/C18H21N2OS/c21-18(16-10-7-13-22-16)14-19(15-8-3-1-4-9-15)17-11-5-2-6-12-20(17)18/h1,3-4,7-10,13,21H,2,5-6,11-12,14H2/q+1/t18-/m1/s1. The molecule has 1 N–H and O–H groups in total. The molecule has 2 aliphatic rings. The summed E-state index contributed by atoms with van der Waals surface area (Å²) in [6.45, 7) is 1.56. The molecule has 0 amide bonds. The highest BCUT2D eigenvalue weighted by Crippen LogP contribution is 2.36. The topological polar surface area (TPSA) is 26.5 Å². The molecule has 0 saturated carbocycles. The minimum absolute atomic E-state index is 0.618. The molecule has 22 heavy (non-hydrogen) atoms. The van der Waals surface area contributed by atoms with Crippen LogP contribution in [0, 0.1) is 0 Å². The van der Waals surface area contributed by atoms with Crippen molar-refractivity contribution in [3.05, 3.63) is 52.7 Å². The zero-order valence-electron chi connectivity index (χ0n) is 12.6. The van der Waals surface area contributed by atoms with Crippen LogP contribution < -0.4 is 4.90 Å². The van der Waals surface area contributed by atoms with Gasteiger partial charge in [-0.1, -0.05) is 24.3 Å². The molecule has 1 atom stereocenters. The third-order valence-electron chi connectivity index (χ3n) is 4.71. The van der Waals surface area contributed by atoms with E-state index in [-0.39, 0.29) is 0 Å². The molecular formula is C18H21N2OS+. The molecule has 1 aromatic heterocycles. The predicted molar refractivity (Wildman–Crippen MR) is 90.6 cm³/mol. The number of anilines is 1. The van der Waals surface area contributed by atoms with Crippen LogP contribution in [0.4, 0.5) is 5.69 Å². The maximum atomic E-state index is 11.5. The highest BCUT2D eigenvalue weighted by atomic mass is 32.1. The Labute approximate surface area is 135 Å². The lowest BCUT2D eigenvalue weighted by atomic mass is 10.1. The van der Waals surface area contributed by atoms with Crippen LogP contribution >= 0.6 is 11.3 Å². The largest absolute Gasteiger partial charge is 0.346 e. The molecule has 0 unspecified atom stereocenters. The SMILES string of the molecule is O[C@@]1(c2cccs2)CN(c2ccccc2)C2=[N+]1CCCCC2. The summed E-state index contributed by atoms with van der Waals surface area (Å²) in [6.07, 6.45) is 4.64. The zero-order valence-corrected chi connectivity index (χ0v) is 13.4. The van der Waals surface area contributed by atoms with E-state index in [1.165, 1.54) is 24.4 Å². The molecule has 2 aliphatic heterocycles. The van der Waals surface area contributed by atoms with Crippen LogP contribution in [0.2, 0.25) is 0 Å². The Bertz CT molecular complexity index is 680. The van der Waals surface area contributed by atoms with E-state index in [2.05, 4.69) is 45.2 Å². The minimum atomic E-state index is -0.885. The molecule has 0 aliphatic carbocycles. The molecular weight excluding hydrogens is 292 g/mol. The number of aliphatic hydroxyl groups is 1. The maximum Gasteiger partial charge on any atom is 0.280 e. The summed E-state index contributed by atoms with van der Waals surface area (Å²) < 4.78 is 2.25. The van der Waals surface area contributed by atoms with Crippen molar-refractivity contribution in [3.8, 4) is 0 Å². The van der Waals surface area contributed by atoms with Gasteiger partial charge in [-0.3, -0.25) is 0 Å². The number of para-hydroxylation sites is 1. The van der Waals surface area contributed by atoms with Gasteiger partial charge in [-0.05, 0) is 42.8 Å². The first-order chi connectivity index (χ1) is 10.8. The van der Waals surface area contributed by atoms with Crippen molar-refractivity contribution < 1.29 is 9.68 Å². The Hall–Kier alpha value is -1.65. The summed E-state index contributed by atoms with van der Waals surface area (Å²) in [7, 11) is 0. The molecule has 3 nitrogen and oxygen atoms in total. The predicted octanol–water partition coefficient (Wildman–Crippen LogP) is 3.40. The average molecular weight is 313 g/mol. The highest BCUT2D eigenvalue weighted by Gasteiger charge is 2.52. The lowest BCUT2D eigenvalue weighted by molar-refractivity contribution is -0.657. The Kier molecular flexibility index (Phi) is 3.51. The van der Waals surface area contributed by atoms with E-state index in [4.69, 9.17) is 0 Å². The first-order valence-electron chi connectivity index (χ1n) is 8.01. The van der Waals surface area contributed by atoms with Gasteiger partial charge < -0.3 is 5.11 Å². The lowest BCUT2D eigenvalue weighted by Crippen LogP contribution is -2.40. The summed E-state index contributed by atoms with van der Waals surface area (Å²) in [5, 5.41) is 13.5. The number of β-amino-alcohol motifs (C(OH)–C–C–N with tert-alkyl or cyclic N) is 1. The molecule has 1 aromatic carbocycles. The van der Waals surface area contributed by atoms with Crippen LogP contribution in [-0.2, 0) is 5.72 Å². The van der Waals surface area contributed by atoms with Crippen LogP contribution in [0.5, 0.6) is 0 Å². The molecule has 0 saturated heterocycles. The lowest BCUT2D eigenvalue weighted by Gasteiger charge is -2.21. The fourth-order valence-corrected chi connectivity index (χ4v) is 4.46. The van der Waals surface area contributed by atoms with Crippen molar-refractivity contribution in [2.45, 2.75) is 31.4 Å². The van der Waals surface area contributed by atoms with E-state index in [0.29, 0.717) is 6.54 Å². The molecule has 0 radical (unpaired) electrons. The number of rotatable bonds is 2. The second kappa shape index (κ2) is 5.52. The maximum absolute atomic E-state index is 11.5. The normalized spacial score (nSPS) is 25.2. The van der Waals surface area contributed by atoms with Gasteiger partial charge in [0.05, 0.1) is 11.4 Å². The second-order valence-corrected chi connectivity index (χ2v) is 7.04. The Balaban J connectivity index is 1.81. The Morgan fingerprint density at radius 1 is 1.05 bits per heavy atom. The molecule has 3 heterocycles. The van der Waals surface area contributed by atoms with Gasteiger partial charge in [0.15, 0.2) is 6.54 Å². The van der Waals surface area contributed by atoms with Gasteiger partial charge in [0.25, 0.3) is 11.6 Å². The number of benzene rings is 1. The minimum Gasteiger partial charge on any atom is -0.346 e. The van der Waals surface area contributed by atoms with Gasteiger partial charge in [0.2, 0.25) is 0 Å². The van der Waals surface area contributed by atoms with E-state index < -0.39 is 5.72 Å². The molecule has 0 bridgehead atoms. The first kappa shape index (κ1) is 14.0. The molecule has 114 valence electrons. The van der Waals surface area contributed by atoms with Gasteiger partial charge >= 0.3 is 0 Å². The molecule has 0 fully saturated rings. The van der Waals surface area contributed by atoms with Crippen LogP contribution in [0.25, 0.3) is 0 Å². The van der Waals surface area contributed by atoms with Gasteiger partial charge in [-0.15, -0.1) is 11.3 Å². The fourth-order valence-electron chi connectivity index (χ4n) is 3.64. The van der Waals surface area contributed by atoms with Crippen LogP contribution in [0.3, 0.4) is 0 Å². The van der Waals surface area contributed by atoms with Gasteiger partial charge in [-0.2, -0.15) is 0 Å². The zero-order chi connectivity index (χ0) is 15.0. The summed E-state index contributed by atoms with van der Waals surface area (Å²) >= 11 is 1.65. The van der Waals surface area contributed by atoms with Crippen LogP contribution in [0.15, 0.2) is 47.8 Å². The van der Waals surface area contributed by atoms with E-state index in [0.717, 1.165) is 24.3 Å². The number of hydrogen-bond acceptors (Lipinski definition) is 3. The summed E-state index contributed by atoms with van der Waals surface area (Å²) in [6, 6.07) is 14.5. The fraction of sp³-hybridized carbons (Fsp3) is 0.389. The molecule has 0 spiro atoms. The number of amidine groups is 1. The quantitative estimate of drug-likeness (QED) is 0.860. The Morgan fingerprint density at radius 3 is 2.68 bits per heavy atom. The second-order valence-electron chi connectivity index (χ2n) is 6.09. The highest BCUT2D eigenvalue weighted by molar-refractivity contribution is 7.10. The summed E-state index contributed by atoms with van der Waals surface area (Å²) in [4.78, 5) is 3.36. The van der Waals surface area contributed by atoms with E-state index in [9.17, 15) is 5.11 Å². The van der Waals surface area contributed by atoms with Crippen molar-refractivity contribution in [2.24, 2.45) is 0 Å².